The van der Waals surface area contributed by atoms with E-state index < -0.39 is 0 Å². The van der Waals surface area contributed by atoms with Gasteiger partial charge in [-0.05, 0) is 24.6 Å². The van der Waals surface area contributed by atoms with E-state index in [2.05, 4.69) is 10.2 Å². The van der Waals surface area contributed by atoms with Crippen molar-refractivity contribution >= 4 is 18.3 Å². The summed E-state index contributed by atoms with van der Waals surface area (Å²) in [5.41, 5.74) is 0.450. The fraction of sp³-hybridized carbons (Fsp3) is 0.533. The van der Waals surface area contributed by atoms with Gasteiger partial charge in [-0.1, -0.05) is 6.07 Å². The zero-order valence-corrected chi connectivity index (χ0v) is 12.7. The molecule has 2 saturated heterocycles. The lowest BCUT2D eigenvalue weighted by molar-refractivity contribution is 0.0773. The lowest BCUT2D eigenvalue weighted by Crippen LogP contribution is -2.49. The van der Waals surface area contributed by atoms with Crippen molar-refractivity contribution in [1.82, 2.24) is 15.1 Å². The van der Waals surface area contributed by atoms with Crippen LogP contribution in [-0.2, 0) is 0 Å². The van der Waals surface area contributed by atoms with Crippen molar-refractivity contribution in [2.45, 2.75) is 12.5 Å². The zero-order chi connectivity index (χ0) is 13.9. The van der Waals surface area contributed by atoms with Crippen molar-refractivity contribution in [3.63, 3.8) is 0 Å². The molecular formula is C15H21ClFN3O. The molecule has 116 valence electrons. The Kier molecular flexibility index (Phi) is 5.56. The summed E-state index contributed by atoms with van der Waals surface area (Å²) >= 11 is 0. The quantitative estimate of drug-likeness (QED) is 0.896. The normalized spacial score (nSPS) is 22.9. The number of halogens is 2. The molecule has 2 aliphatic rings. The van der Waals surface area contributed by atoms with E-state index in [9.17, 15) is 9.18 Å². The molecule has 4 nitrogen and oxygen atoms in total. The van der Waals surface area contributed by atoms with Gasteiger partial charge in [-0.25, -0.2) is 4.39 Å². The first kappa shape index (κ1) is 16.2. The van der Waals surface area contributed by atoms with E-state index in [0.29, 0.717) is 11.6 Å². The number of amides is 1. The van der Waals surface area contributed by atoms with E-state index in [1.54, 1.807) is 12.1 Å². The number of nitrogens with zero attached hydrogens (tertiary/aromatic N) is 2. The second kappa shape index (κ2) is 7.20. The highest BCUT2D eigenvalue weighted by molar-refractivity contribution is 5.94. The number of nitrogens with one attached hydrogen (secondary N) is 1. The fourth-order valence-corrected chi connectivity index (χ4v) is 3.08. The van der Waals surface area contributed by atoms with E-state index in [0.717, 1.165) is 45.7 Å². The minimum Gasteiger partial charge on any atom is -0.337 e. The number of benzene rings is 1. The monoisotopic (exact) mass is 313 g/mol. The average Bonchev–Trinajstić information content (AvgIpc) is 2.97. The lowest BCUT2D eigenvalue weighted by Gasteiger charge is -2.32. The molecule has 1 aromatic rings. The maximum Gasteiger partial charge on any atom is 0.254 e. The largest absolute Gasteiger partial charge is 0.337 e. The number of likely N-dealkylation sites (tertiary alicyclic amines) is 1. The average molecular weight is 314 g/mol. The first-order valence-electron chi connectivity index (χ1n) is 7.23. The minimum absolute atomic E-state index is 0. The predicted octanol–water partition coefficient (Wildman–Crippen LogP) is 1.37. The third kappa shape index (κ3) is 3.73. The van der Waals surface area contributed by atoms with Gasteiger partial charge in [0.25, 0.3) is 5.91 Å². The molecular weight excluding hydrogens is 293 g/mol. The van der Waals surface area contributed by atoms with Crippen LogP contribution in [-0.4, -0.2) is 61.0 Å². The summed E-state index contributed by atoms with van der Waals surface area (Å²) in [7, 11) is 0. The molecule has 1 N–H and O–H groups in total. The van der Waals surface area contributed by atoms with Gasteiger partial charge in [0.2, 0.25) is 0 Å². The van der Waals surface area contributed by atoms with Gasteiger partial charge >= 0.3 is 0 Å². The van der Waals surface area contributed by atoms with Gasteiger partial charge in [0.15, 0.2) is 0 Å². The Labute approximate surface area is 130 Å². The molecule has 2 fully saturated rings. The summed E-state index contributed by atoms with van der Waals surface area (Å²) in [5.74, 6) is -0.407. The molecule has 2 aliphatic heterocycles. The number of carbonyl (C=O) groups excluding carboxylic acids is 1. The molecule has 1 amide bonds. The van der Waals surface area contributed by atoms with E-state index >= 15 is 0 Å². The van der Waals surface area contributed by atoms with Gasteiger partial charge in [-0.15, -0.1) is 12.4 Å². The molecule has 1 aromatic carbocycles. The van der Waals surface area contributed by atoms with Gasteiger partial charge in [0.05, 0.1) is 0 Å². The highest BCUT2D eigenvalue weighted by atomic mass is 35.5. The molecule has 2 heterocycles. The van der Waals surface area contributed by atoms with Crippen molar-refractivity contribution in [2.75, 3.05) is 39.3 Å². The Morgan fingerprint density at radius 1 is 1.24 bits per heavy atom. The van der Waals surface area contributed by atoms with Gasteiger partial charge in [0.1, 0.15) is 5.82 Å². The molecule has 3 rings (SSSR count). The second-order valence-electron chi connectivity index (χ2n) is 5.49. The molecule has 0 spiro atoms. The molecule has 1 unspecified atom stereocenters. The Hall–Kier alpha value is -1.17. The third-order valence-electron chi connectivity index (χ3n) is 4.19. The fourth-order valence-electron chi connectivity index (χ4n) is 3.08. The SMILES string of the molecule is Cl.O=C(c1cccc(F)c1)N1CCC(N2CCNCC2)C1. The molecule has 0 aromatic heterocycles. The van der Waals surface area contributed by atoms with E-state index in [1.807, 2.05) is 4.90 Å². The van der Waals surface area contributed by atoms with Crippen LogP contribution in [0.4, 0.5) is 4.39 Å². The molecule has 0 saturated carbocycles. The maximum atomic E-state index is 13.2. The van der Waals surface area contributed by atoms with Gasteiger partial charge in [-0.3, -0.25) is 9.69 Å². The zero-order valence-electron chi connectivity index (χ0n) is 11.9. The Morgan fingerprint density at radius 2 is 2.00 bits per heavy atom. The molecule has 0 radical (unpaired) electrons. The summed E-state index contributed by atoms with van der Waals surface area (Å²) in [5, 5.41) is 3.34. The van der Waals surface area contributed by atoms with Crippen LogP contribution in [0.5, 0.6) is 0 Å². The second-order valence-corrected chi connectivity index (χ2v) is 5.49. The standard InChI is InChI=1S/C15H20FN3O.ClH/c16-13-3-1-2-12(10-13)15(20)19-7-4-14(11-19)18-8-5-17-6-9-18;/h1-3,10,14,17H,4-9,11H2;1H. The summed E-state index contributed by atoms with van der Waals surface area (Å²) in [4.78, 5) is 16.7. The van der Waals surface area contributed by atoms with Gasteiger partial charge in [-0.2, -0.15) is 0 Å². The lowest BCUT2D eigenvalue weighted by atomic mass is 10.2. The Balaban J connectivity index is 0.00000161. The van der Waals surface area contributed by atoms with E-state index in [4.69, 9.17) is 0 Å². The predicted molar refractivity (Wildman–Crippen MR) is 82.4 cm³/mol. The molecule has 1 atom stereocenters. The number of hydrogen-bond acceptors (Lipinski definition) is 3. The van der Waals surface area contributed by atoms with Crippen LogP contribution in [0, 0.1) is 5.82 Å². The van der Waals surface area contributed by atoms with Crippen molar-refractivity contribution in [1.29, 1.82) is 0 Å². The summed E-state index contributed by atoms with van der Waals surface area (Å²) in [6, 6.07) is 6.41. The van der Waals surface area contributed by atoms with Crippen molar-refractivity contribution < 1.29 is 9.18 Å². The number of rotatable bonds is 2. The van der Waals surface area contributed by atoms with Crippen molar-refractivity contribution in [3.8, 4) is 0 Å². The summed E-state index contributed by atoms with van der Waals surface area (Å²) in [6.07, 6.45) is 1.01. The maximum absolute atomic E-state index is 13.2. The van der Waals surface area contributed by atoms with Crippen LogP contribution in [0.25, 0.3) is 0 Å². The minimum atomic E-state index is -0.353. The van der Waals surface area contributed by atoms with Crippen LogP contribution < -0.4 is 5.32 Å². The summed E-state index contributed by atoms with van der Waals surface area (Å²) in [6.45, 7) is 5.67. The topological polar surface area (TPSA) is 35.6 Å². The smallest absolute Gasteiger partial charge is 0.254 e. The number of hydrogen-bond donors (Lipinski definition) is 1. The highest BCUT2D eigenvalue weighted by Gasteiger charge is 2.31. The summed E-state index contributed by atoms with van der Waals surface area (Å²) < 4.78 is 13.2. The van der Waals surface area contributed by atoms with Crippen LogP contribution in [0.1, 0.15) is 16.8 Å². The van der Waals surface area contributed by atoms with Gasteiger partial charge < -0.3 is 10.2 Å². The van der Waals surface area contributed by atoms with E-state index in [1.165, 1.54) is 12.1 Å². The number of piperazine rings is 1. The first-order valence-corrected chi connectivity index (χ1v) is 7.23. The Bertz CT molecular complexity index is 494. The Morgan fingerprint density at radius 3 is 2.71 bits per heavy atom. The molecule has 0 aliphatic carbocycles. The van der Waals surface area contributed by atoms with Crippen LogP contribution >= 0.6 is 12.4 Å². The van der Waals surface area contributed by atoms with Crippen molar-refractivity contribution in [2.24, 2.45) is 0 Å². The molecule has 21 heavy (non-hydrogen) atoms. The molecule has 0 bridgehead atoms. The molecule has 6 heteroatoms. The first-order chi connectivity index (χ1) is 9.74. The van der Waals surface area contributed by atoms with E-state index in [-0.39, 0.29) is 24.1 Å². The van der Waals surface area contributed by atoms with Crippen LogP contribution in [0.3, 0.4) is 0 Å². The van der Waals surface area contributed by atoms with Crippen LogP contribution in [0.15, 0.2) is 24.3 Å². The number of carbonyl (C=O) groups is 1. The highest BCUT2D eigenvalue weighted by Crippen LogP contribution is 2.19. The third-order valence-corrected chi connectivity index (χ3v) is 4.19. The van der Waals surface area contributed by atoms with Crippen molar-refractivity contribution in [3.05, 3.63) is 35.6 Å². The van der Waals surface area contributed by atoms with Gasteiger partial charge in [0, 0.05) is 50.9 Å². The van der Waals surface area contributed by atoms with Crippen LogP contribution in [0.2, 0.25) is 0 Å².